The van der Waals surface area contributed by atoms with Crippen molar-refractivity contribution in [3.8, 4) is 5.88 Å². The quantitative estimate of drug-likeness (QED) is 0.361. The molecule has 2 aromatic rings. The summed E-state index contributed by atoms with van der Waals surface area (Å²) < 4.78 is 20.6. The number of likely N-dealkylation sites (tertiary alicyclic amines) is 1. The normalized spacial score (nSPS) is 23.7. The zero-order valence-electron chi connectivity index (χ0n) is 30.1. The number of amides is 2. The average molecular weight is 683 g/mol. The van der Waals surface area contributed by atoms with Crippen LogP contribution in [0.4, 0.5) is 14.9 Å². The van der Waals surface area contributed by atoms with Gasteiger partial charge in [-0.3, -0.25) is 9.69 Å². The molecule has 2 saturated heterocycles. The van der Waals surface area contributed by atoms with Crippen LogP contribution in [-0.2, 0) is 16.6 Å². The minimum Gasteiger partial charge on any atom is -0.530 e. The molecule has 1 unspecified atom stereocenters. The lowest BCUT2D eigenvalue weighted by atomic mass is 9.91. The Morgan fingerprint density at radius 2 is 1.83 bits per heavy atom. The second-order valence-corrected chi connectivity index (χ2v) is 21.1. The van der Waals surface area contributed by atoms with Crippen molar-refractivity contribution in [3.05, 3.63) is 53.0 Å². The minimum atomic E-state index is -2.27. The summed E-state index contributed by atoms with van der Waals surface area (Å²) in [6.45, 7) is 20.9. The summed E-state index contributed by atoms with van der Waals surface area (Å²) in [4.78, 5) is 39.5. The number of rotatable bonds is 8. The summed E-state index contributed by atoms with van der Waals surface area (Å²) in [5.41, 5.74) is 9.27. The van der Waals surface area contributed by atoms with Crippen LogP contribution in [0.3, 0.4) is 0 Å². The summed E-state index contributed by atoms with van der Waals surface area (Å²) in [5.74, 6) is 0.262. The van der Waals surface area contributed by atoms with Crippen LogP contribution >= 0.6 is 0 Å². The third kappa shape index (κ3) is 7.87. The number of piperidine rings is 1. The SMILES string of the molecule is C[C@@H]1CN(CC(=O)N2CC(C)(C)c3nc(O[Si](C)(C)C(C)(C)C)c(Cc4ccc(F)cc4)cc32)[C@@H](CN2CCCC(N)C2)CN1C(=O)O. The highest BCUT2D eigenvalue weighted by atomic mass is 28.4. The number of pyridine rings is 1. The molecule has 3 atom stereocenters. The zero-order chi connectivity index (χ0) is 35.2. The van der Waals surface area contributed by atoms with E-state index >= 15 is 0 Å². The molecule has 3 aliphatic rings. The Morgan fingerprint density at radius 1 is 1.15 bits per heavy atom. The van der Waals surface area contributed by atoms with Crippen LogP contribution in [0, 0.1) is 5.82 Å². The maximum Gasteiger partial charge on any atom is 0.407 e. The van der Waals surface area contributed by atoms with Crippen LogP contribution in [0.2, 0.25) is 18.1 Å². The number of carbonyl (C=O) groups is 2. The number of piperazine rings is 1. The second-order valence-electron chi connectivity index (χ2n) is 16.4. The van der Waals surface area contributed by atoms with Gasteiger partial charge in [0.05, 0.1) is 17.9 Å². The van der Waals surface area contributed by atoms with E-state index in [-0.39, 0.29) is 41.4 Å². The average Bonchev–Trinajstić information content (AvgIpc) is 3.24. The first kappa shape index (κ1) is 36.2. The maximum atomic E-state index is 14.4. The van der Waals surface area contributed by atoms with Gasteiger partial charge in [0, 0.05) is 68.2 Å². The summed E-state index contributed by atoms with van der Waals surface area (Å²) in [6, 6.07) is 8.27. The lowest BCUT2D eigenvalue weighted by molar-refractivity contribution is -0.121. The van der Waals surface area contributed by atoms with Gasteiger partial charge < -0.3 is 30.0 Å². The second kappa shape index (κ2) is 13.7. The molecule has 0 saturated carbocycles. The van der Waals surface area contributed by atoms with Gasteiger partial charge >= 0.3 is 6.09 Å². The van der Waals surface area contributed by atoms with Crippen molar-refractivity contribution in [2.75, 3.05) is 50.7 Å². The Balaban J connectivity index is 1.46. The number of nitrogens with zero attached hydrogens (tertiary/aromatic N) is 5. The van der Waals surface area contributed by atoms with E-state index in [0.717, 1.165) is 48.4 Å². The number of hydrogen-bond acceptors (Lipinski definition) is 7. The van der Waals surface area contributed by atoms with Gasteiger partial charge in [0.15, 0.2) is 0 Å². The van der Waals surface area contributed by atoms with Crippen molar-refractivity contribution >= 4 is 26.0 Å². The standard InChI is InChI=1S/C36H55FN6O4Si/c1-24-18-41(29(21-42(24)34(45)46)20-40-15-9-10-28(38)19-40)22-31(44)43-23-36(5,6)32-30(43)17-26(16-25-11-13-27(37)14-12-25)33(39-32)47-48(7,8)35(2,3)4/h11-14,17,24,28-29H,9-10,15-16,18-23,38H2,1-8H3,(H,45,46)/t24-,28?,29+/m1/s1. The topological polar surface area (TPSA) is 115 Å². The highest BCUT2D eigenvalue weighted by molar-refractivity contribution is 6.74. The molecule has 5 rings (SSSR count). The third-order valence-electron chi connectivity index (χ3n) is 10.8. The van der Waals surface area contributed by atoms with E-state index in [0.29, 0.717) is 38.5 Å². The number of hydrogen-bond donors (Lipinski definition) is 2. The molecule has 0 radical (unpaired) electrons. The first-order chi connectivity index (χ1) is 22.3. The fraction of sp³-hybridized carbons (Fsp3) is 0.639. The highest BCUT2D eigenvalue weighted by Gasteiger charge is 2.44. The van der Waals surface area contributed by atoms with Crippen LogP contribution in [0.25, 0.3) is 0 Å². The van der Waals surface area contributed by atoms with Crippen LogP contribution in [0.5, 0.6) is 5.88 Å². The summed E-state index contributed by atoms with van der Waals surface area (Å²) >= 11 is 0. The largest absolute Gasteiger partial charge is 0.530 e. The van der Waals surface area contributed by atoms with Gasteiger partial charge in [0.1, 0.15) is 5.82 Å². The molecule has 1 aromatic carbocycles. The molecule has 12 heteroatoms. The Kier molecular flexibility index (Phi) is 10.3. The van der Waals surface area contributed by atoms with E-state index in [4.69, 9.17) is 15.1 Å². The lowest BCUT2D eigenvalue weighted by Gasteiger charge is -2.46. The summed E-state index contributed by atoms with van der Waals surface area (Å²) in [7, 11) is -2.27. The molecule has 0 bridgehead atoms. The molecular formula is C36H55FN6O4Si. The predicted molar refractivity (Wildman–Crippen MR) is 190 cm³/mol. The maximum absolute atomic E-state index is 14.4. The molecule has 0 spiro atoms. The Hall–Kier alpha value is -3.06. The van der Waals surface area contributed by atoms with Crippen molar-refractivity contribution < 1.29 is 23.5 Å². The van der Waals surface area contributed by atoms with Crippen LogP contribution in [0.1, 0.15) is 71.2 Å². The third-order valence-corrected chi connectivity index (χ3v) is 15.2. The molecule has 4 heterocycles. The zero-order valence-corrected chi connectivity index (χ0v) is 31.1. The van der Waals surface area contributed by atoms with E-state index < -0.39 is 19.8 Å². The van der Waals surface area contributed by atoms with Crippen molar-refractivity contribution in [2.45, 2.75) is 102 Å². The molecule has 2 amide bonds. The van der Waals surface area contributed by atoms with Crippen LogP contribution in [-0.4, -0.2) is 109 Å². The highest BCUT2D eigenvalue weighted by Crippen LogP contribution is 2.44. The number of carboxylic acid groups (broad SMARTS) is 1. The molecule has 264 valence electrons. The fourth-order valence-electron chi connectivity index (χ4n) is 7.00. The monoisotopic (exact) mass is 682 g/mol. The first-order valence-electron chi connectivity index (χ1n) is 17.3. The van der Waals surface area contributed by atoms with Crippen molar-refractivity contribution in [1.29, 1.82) is 0 Å². The molecule has 3 N–H and O–H groups in total. The van der Waals surface area contributed by atoms with Gasteiger partial charge in [-0.05, 0) is 68.2 Å². The van der Waals surface area contributed by atoms with Crippen molar-refractivity contribution in [1.82, 2.24) is 19.7 Å². The van der Waals surface area contributed by atoms with Gasteiger partial charge in [0.2, 0.25) is 11.8 Å². The molecule has 10 nitrogen and oxygen atoms in total. The Morgan fingerprint density at radius 3 is 2.46 bits per heavy atom. The van der Waals surface area contributed by atoms with Crippen molar-refractivity contribution in [2.24, 2.45) is 5.73 Å². The molecule has 0 aliphatic carbocycles. The van der Waals surface area contributed by atoms with E-state index in [2.05, 4.69) is 63.6 Å². The Bertz CT molecular complexity index is 1500. The lowest BCUT2D eigenvalue weighted by Crippen LogP contribution is -2.63. The molecule has 1 aromatic heterocycles. The minimum absolute atomic E-state index is 0.0363. The molecule has 2 fully saturated rings. The van der Waals surface area contributed by atoms with Crippen LogP contribution in [0.15, 0.2) is 30.3 Å². The van der Waals surface area contributed by atoms with E-state index in [1.54, 1.807) is 12.1 Å². The van der Waals surface area contributed by atoms with E-state index in [1.807, 2.05) is 11.8 Å². The fourth-order valence-corrected chi connectivity index (χ4v) is 7.96. The van der Waals surface area contributed by atoms with Gasteiger partial charge in [-0.2, -0.15) is 0 Å². The van der Waals surface area contributed by atoms with Gasteiger partial charge in [-0.1, -0.05) is 46.8 Å². The number of aromatic nitrogens is 1. The number of fused-ring (bicyclic) bond motifs is 1. The predicted octanol–water partition coefficient (Wildman–Crippen LogP) is 5.30. The number of carbonyl (C=O) groups excluding carboxylic acids is 1. The number of benzene rings is 1. The van der Waals surface area contributed by atoms with Gasteiger partial charge in [-0.15, -0.1) is 0 Å². The summed E-state index contributed by atoms with van der Waals surface area (Å²) in [5, 5.41) is 9.88. The number of nitrogens with two attached hydrogens (primary N) is 1. The molecular weight excluding hydrogens is 628 g/mol. The summed E-state index contributed by atoms with van der Waals surface area (Å²) in [6.07, 6.45) is 1.56. The van der Waals surface area contributed by atoms with Gasteiger partial charge in [0.25, 0.3) is 8.32 Å². The molecule has 48 heavy (non-hydrogen) atoms. The van der Waals surface area contributed by atoms with E-state index in [9.17, 15) is 19.1 Å². The smallest absolute Gasteiger partial charge is 0.407 e. The van der Waals surface area contributed by atoms with Gasteiger partial charge in [-0.25, -0.2) is 14.2 Å². The van der Waals surface area contributed by atoms with Crippen molar-refractivity contribution in [3.63, 3.8) is 0 Å². The Labute approximate surface area is 286 Å². The van der Waals surface area contributed by atoms with Crippen LogP contribution < -0.4 is 15.1 Å². The molecule has 3 aliphatic heterocycles. The van der Waals surface area contributed by atoms with E-state index in [1.165, 1.54) is 17.0 Å². The number of halogens is 1. The first-order valence-corrected chi connectivity index (χ1v) is 20.3. The number of anilines is 1.